The molecule has 6 heteroatoms. The van der Waals surface area contributed by atoms with Crippen molar-refractivity contribution in [2.75, 3.05) is 6.54 Å². The number of halogens is 1. The summed E-state index contributed by atoms with van der Waals surface area (Å²) in [5, 5.41) is 14.0. The quantitative estimate of drug-likeness (QED) is 0.904. The lowest BCUT2D eigenvalue weighted by atomic mass is 10.2. The lowest BCUT2D eigenvalue weighted by molar-refractivity contribution is 0.402. The third-order valence-corrected chi connectivity index (χ3v) is 3.74. The maximum Gasteiger partial charge on any atom is 0.259 e. The summed E-state index contributed by atoms with van der Waals surface area (Å²) in [6.07, 6.45) is 0.910. The molecule has 0 aromatic carbocycles. The Balaban J connectivity index is 2.24. The van der Waals surface area contributed by atoms with Gasteiger partial charge in [-0.1, -0.05) is 25.4 Å². The topological polar surface area (TPSA) is 51.0 Å². The van der Waals surface area contributed by atoms with Crippen LogP contribution in [-0.4, -0.2) is 16.7 Å². The second-order valence-electron chi connectivity index (χ2n) is 3.56. The molecule has 1 atom stereocenters. The maximum absolute atomic E-state index is 6.03. The van der Waals surface area contributed by atoms with Crippen molar-refractivity contribution in [2.24, 2.45) is 0 Å². The van der Waals surface area contributed by atoms with Crippen LogP contribution in [0.1, 0.15) is 32.2 Å². The molecule has 0 fully saturated rings. The van der Waals surface area contributed by atoms with Gasteiger partial charge in [-0.05, 0) is 24.4 Å². The van der Waals surface area contributed by atoms with Crippen LogP contribution in [0.5, 0.6) is 0 Å². The molecule has 2 aromatic heterocycles. The molecule has 4 nitrogen and oxygen atoms in total. The summed E-state index contributed by atoms with van der Waals surface area (Å²) in [5.74, 6) is 1.12. The third kappa shape index (κ3) is 2.68. The summed E-state index contributed by atoms with van der Waals surface area (Å²) in [6, 6.07) is 1.94. The summed E-state index contributed by atoms with van der Waals surface area (Å²) in [7, 11) is 0. The maximum atomic E-state index is 6.03. The third-order valence-electron chi connectivity index (χ3n) is 2.41. The molecule has 2 aromatic rings. The first-order valence-corrected chi connectivity index (χ1v) is 6.82. The van der Waals surface area contributed by atoms with Crippen LogP contribution in [0.15, 0.2) is 15.9 Å². The number of aromatic nitrogens is 2. The molecule has 1 N–H and O–H groups in total. The van der Waals surface area contributed by atoms with Gasteiger partial charge in [-0.3, -0.25) is 0 Å². The van der Waals surface area contributed by atoms with E-state index in [-0.39, 0.29) is 6.04 Å². The molecule has 92 valence electrons. The second kappa shape index (κ2) is 5.62. The second-order valence-corrected chi connectivity index (χ2v) is 4.88. The zero-order valence-corrected chi connectivity index (χ0v) is 11.3. The van der Waals surface area contributed by atoms with Crippen LogP contribution >= 0.6 is 22.9 Å². The normalized spacial score (nSPS) is 12.9. The number of rotatable bonds is 5. The predicted octanol–water partition coefficient (Wildman–Crippen LogP) is 3.51. The van der Waals surface area contributed by atoms with Gasteiger partial charge in [0.25, 0.3) is 5.89 Å². The van der Waals surface area contributed by atoms with Crippen LogP contribution in [0.25, 0.3) is 10.8 Å². The molecule has 0 saturated carbocycles. The summed E-state index contributed by atoms with van der Waals surface area (Å²) in [5.41, 5.74) is 0. The molecule has 0 bridgehead atoms. The Labute approximate surface area is 109 Å². The van der Waals surface area contributed by atoms with Crippen molar-refractivity contribution in [2.45, 2.75) is 26.3 Å². The van der Waals surface area contributed by atoms with Crippen LogP contribution in [0.3, 0.4) is 0 Å². The van der Waals surface area contributed by atoms with Crippen molar-refractivity contribution in [1.82, 2.24) is 15.5 Å². The molecule has 0 spiro atoms. The molecular formula is C11H14ClN3OS. The van der Waals surface area contributed by atoms with E-state index in [0.29, 0.717) is 16.8 Å². The van der Waals surface area contributed by atoms with Gasteiger partial charge < -0.3 is 9.73 Å². The average molecular weight is 272 g/mol. The zero-order chi connectivity index (χ0) is 12.3. The summed E-state index contributed by atoms with van der Waals surface area (Å²) < 4.78 is 5.66. The Morgan fingerprint density at radius 2 is 2.29 bits per heavy atom. The summed E-state index contributed by atoms with van der Waals surface area (Å²) in [6.45, 7) is 5.00. The Bertz CT molecular complexity index is 483. The van der Waals surface area contributed by atoms with Crippen molar-refractivity contribution >= 4 is 22.9 Å². The molecule has 17 heavy (non-hydrogen) atoms. The fraction of sp³-hybridized carbons (Fsp3) is 0.455. The van der Waals surface area contributed by atoms with E-state index in [2.05, 4.69) is 29.4 Å². The van der Waals surface area contributed by atoms with Gasteiger partial charge in [0.1, 0.15) is 4.88 Å². The zero-order valence-electron chi connectivity index (χ0n) is 9.74. The summed E-state index contributed by atoms with van der Waals surface area (Å²) in [4.78, 5) is 0.830. The lowest BCUT2D eigenvalue weighted by Crippen LogP contribution is -2.20. The van der Waals surface area contributed by atoms with E-state index >= 15 is 0 Å². The minimum absolute atomic E-state index is 0.111. The largest absolute Gasteiger partial charge is 0.418 e. The van der Waals surface area contributed by atoms with Crippen molar-refractivity contribution < 1.29 is 4.42 Å². The van der Waals surface area contributed by atoms with Gasteiger partial charge in [0.05, 0.1) is 11.1 Å². The van der Waals surface area contributed by atoms with E-state index < -0.39 is 0 Å². The molecule has 0 aliphatic carbocycles. The van der Waals surface area contributed by atoms with Gasteiger partial charge >= 0.3 is 0 Å². The number of nitrogens with zero attached hydrogens (tertiary/aromatic N) is 2. The molecule has 0 saturated heterocycles. The molecule has 0 amide bonds. The molecule has 2 heterocycles. The van der Waals surface area contributed by atoms with E-state index in [0.717, 1.165) is 17.8 Å². The Morgan fingerprint density at radius 1 is 1.47 bits per heavy atom. The van der Waals surface area contributed by atoms with Gasteiger partial charge in [0, 0.05) is 0 Å². The smallest absolute Gasteiger partial charge is 0.259 e. The van der Waals surface area contributed by atoms with Gasteiger partial charge in [-0.15, -0.1) is 21.5 Å². The minimum atomic E-state index is 0.111. The number of hydrogen-bond donors (Lipinski definition) is 1. The number of nitrogens with one attached hydrogen (secondary N) is 1. The van der Waals surface area contributed by atoms with Gasteiger partial charge in [-0.25, -0.2) is 0 Å². The predicted molar refractivity (Wildman–Crippen MR) is 69.3 cm³/mol. The highest BCUT2D eigenvalue weighted by atomic mass is 35.5. The molecule has 1 unspecified atom stereocenters. The highest BCUT2D eigenvalue weighted by molar-refractivity contribution is 7.14. The van der Waals surface area contributed by atoms with Crippen molar-refractivity contribution in [3.05, 3.63) is 22.4 Å². The van der Waals surface area contributed by atoms with Crippen molar-refractivity contribution in [3.8, 4) is 10.8 Å². The highest BCUT2D eigenvalue weighted by Gasteiger charge is 2.18. The molecule has 2 rings (SSSR count). The monoisotopic (exact) mass is 271 g/mol. The first-order chi connectivity index (χ1) is 8.26. The fourth-order valence-corrected chi connectivity index (χ4v) is 2.62. The summed E-state index contributed by atoms with van der Waals surface area (Å²) >= 11 is 7.53. The number of hydrogen-bond acceptors (Lipinski definition) is 5. The Kier molecular flexibility index (Phi) is 4.15. The van der Waals surface area contributed by atoms with E-state index in [1.165, 1.54) is 11.3 Å². The van der Waals surface area contributed by atoms with Crippen LogP contribution in [0.4, 0.5) is 0 Å². The number of thiophene rings is 1. The van der Waals surface area contributed by atoms with E-state index in [4.69, 9.17) is 16.0 Å². The van der Waals surface area contributed by atoms with Crippen molar-refractivity contribution in [3.63, 3.8) is 0 Å². The van der Waals surface area contributed by atoms with Gasteiger partial charge in [-0.2, -0.15) is 0 Å². The Morgan fingerprint density at radius 3 is 2.88 bits per heavy atom. The molecule has 0 aliphatic heterocycles. The van der Waals surface area contributed by atoms with Gasteiger partial charge in [0.15, 0.2) is 0 Å². The Hall–Kier alpha value is -0.910. The average Bonchev–Trinajstić information content (AvgIpc) is 2.94. The van der Waals surface area contributed by atoms with Crippen molar-refractivity contribution in [1.29, 1.82) is 0 Å². The lowest BCUT2D eigenvalue weighted by Gasteiger charge is -2.09. The van der Waals surface area contributed by atoms with E-state index in [1.54, 1.807) is 0 Å². The molecule has 0 aliphatic rings. The molecule has 0 radical (unpaired) electrons. The highest BCUT2D eigenvalue weighted by Crippen LogP contribution is 2.32. The first-order valence-electron chi connectivity index (χ1n) is 5.56. The van der Waals surface area contributed by atoms with Crippen LogP contribution < -0.4 is 5.32 Å². The van der Waals surface area contributed by atoms with Crippen LogP contribution in [0.2, 0.25) is 5.02 Å². The van der Waals surface area contributed by atoms with E-state index in [1.807, 2.05) is 11.4 Å². The SMILES string of the molecule is CCNC(CC)c1nnc(-c2sccc2Cl)o1. The standard InChI is InChI=1S/C11H14ClN3OS/c1-3-8(13-4-2)10-14-15-11(16-10)9-7(12)5-6-17-9/h5-6,8,13H,3-4H2,1-2H3. The first kappa shape index (κ1) is 12.5. The van der Waals surface area contributed by atoms with Crippen LogP contribution in [-0.2, 0) is 0 Å². The van der Waals surface area contributed by atoms with Crippen LogP contribution in [0, 0.1) is 0 Å². The van der Waals surface area contributed by atoms with Gasteiger partial charge in [0.2, 0.25) is 5.89 Å². The van der Waals surface area contributed by atoms with E-state index in [9.17, 15) is 0 Å². The fourth-order valence-electron chi connectivity index (χ4n) is 1.57. The minimum Gasteiger partial charge on any atom is -0.418 e. The molecular weight excluding hydrogens is 258 g/mol.